The molecule has 0 aromatic heterocycles. The van der Waals surface area contributed by atoms with Gasteiger partial charge in [0, 0.05) is 19.2 Å². The first-order valence-electron chi connectivity index (χ1n) is 7.48. The van der Waals surface area contributed by atoms with Crippen molar-refractivity contribution in [2.75, 3.05) is 33.5 Å². The zero-order valence-corrected chi connectivity index (χ0v) is 13.8. The number of methoxy groups -OCH3 is 1. The minimum Gasteiger partial charge on any atom is -0.382 e. The molecule has 0 fully saturated rings. The van der Waals surface area contributed by atoms with Crippen LogP contribution in [0.15, 0.2) is 24.3 Å². The van der Waals surface area contributed by atoms with E-state index >= 15 is 0 Å². The highest BCUT2D eigenvalue weighted by atomic mass is 16.5. The summed E-state index contributed by atoms with van der Waals surface area (Å²) in [6.07, 6.45) is 0. The van der Waals surface area contributed by atoms with Crippen molar-refractivity contribution in [3.63, 3.8) is 0 Å². The van der Waals surface area contributed by atoms with Crippen molar-refractivity contribution >= 4 is 0 Å². The maximum atomic E-state index is 5.57. The normalized spacial score (nSPS) is 11.8. The third-order valence-electron chi connectivity index (χ3n) is 2.92. The van der Waals surface area contributed by atoms with E-state index in [0.717, 1.165) is 6.54 Å². The summed E-state index contributed by atoms with van der Waals surface area (Å²) in [6.45, 7) is 10.5. The molecule has 0 bridgehead atoms. The Morgan fingerprint density at radius 3 is 2.05 bits per heavy atom. The van der Waals surface area contributed by atoms with E-state index in [9.17, 15) is 0 Å². The third-order valence-corrected chi connectivity index (χ3v) is 2.92. The van der Waals surface area contributed by atoms with Gasteiger partial charge in [-0.2, -0.15) is 0 Å². The van der Waals surface area contributed by atoms with E-state index in [-0.39, 0.29) is 5.54 Å². The predicted octanol–water partition coefficient (Wildman–Crippen LogP) is 2.75. The second-order valence-electron chi connectivity index (χ2n) is 6.08. The highest BCUT2D eigenvalue weighted by Crippen LogP contribution is 2.08. The van der Waals surface area contributed by atoms with Crippen molar-refractivity contribution < 1.29 is 14.2 Å². The molecule has 1 aromatic carbocycles. The fourth-order valence-corrected chi connectivity index (χ4v) is 1.67. The van der Waals surface area contributed by atoms with E-state index in [1.165, 1.54) is 11.1 Å². The van der Waals surface area contributed by atoms with Crippen molar-refractivity contribution in [1.29, 1.82) is 0 Å². The summed E-state index contributed by atoms with van der Waals surface area (Å²) in [4.78, 5) is 0. The molecule has 0 amide bonds. The van der Waals surface area contributed by atoms with Crippen LogP contribution in [-0.4, -0.2) is 39.1 Å². The van der Waals surface area contributed by atoms with Crippen LogP contribution in [0, 0.1) is 0 Å². The Kier molecular flexibility index (Phi) is 8.54. The number of ether oxygens (including phenoxy) is 3. The molecule has 1 N–H and O–H groups in total. The lowest BCUT2D eigenvalue weighted by Gasteiger charge is -2.20. The smallest absolute Gasteiger partial charge is 0.0718 e. The van der Waals surface area contributed by atoms with Crippen molar-refractivity contribution in [2.24, 2.45) is 0 Å². The van der Waals surface area contributed by atoms with Crippen LogP contribution in [0.4, 0.5) is 0 Å². The highest BCUT2D eigenvalue weighted by molar-refractivity contribution is 5.22. The van der Waals surface area contributed by atoms with Crippen molar-refractivity contribution in [1.82, 2.24) is 5.32 Å². The first kappa shape index (κ1) is 18.1. The zero-order valence-electron chi connectivity index (χ0n) is 13.8. The summed E-state index contributed by atoms with van der Waals surface area (Å²) in [5, 5.41) is 3.48. The topological polar surface area (TPSA) is 39.7 Å². The Bertz CT molecular complexity index is 371. The third kappa shape index (κ3) is 9.58. The summed E-state index contributed by atoms with van der Waals surface area (Å²) in [5.74, 6) is 0. The maximum Gasteiger partial charge on any atom is 0.0718 e. The van der Waals surface area contributed by atoms with Crippen LogP contribution in [0.5, 0.6) is 0 Å². The second-order valence-corrected chi connectivity index (χ2v) is 6.08. The number of hydrogen-bond donors (Lipinski definition) is 1. The van der Waals surface area contributed by atoms with Crippen molar-refractivity contribution in [2.45, 2.75) is 39.5 Å². The Morgan fingerprint density at radius 2 is 1.43 bits per heavy atom. The van der Waals surface area contributed by atoms with Gasteiger partial charge in [0.05, 0.1) is 33.0 Å². The predicted molar refractivity (Wildman–Crippen MR) is 85.4 cm³/mol. The van der Waals surface area contributed by atoms with E-state index in [1.54, 1.807) is 7.11 Å². The van der Waals surface area contributed by atoms with E-state index in [2.05, 4.69) is 50.4 Å². The lowest BCUT2D eigenvalue weighted by molar-refractivity contribution is 0.0199. The molecule has 1 aromatic rings. The molecule has 0 saturated carbocycles. The molecular formula is C17H29NO3. The van der Waals surface area contributed by atoms with Gasteiger partial charge in [-0.15, -0.1) is 0 Å². The van der Waals surface area contributed by atoms with Gasteiger partial charge in [0.25, 0.3) is 0 Å². The molecule has 0 aliphatic rings. The Hall–Kier alpha value is -0.940. The summed E-state index contributed by atoms with van der Waals surface area (Å²) >= 11 is 0. The fourth-order valence-electron chi connectivity index (χ4n) is 1.67. The molecule has 0 saturated heterocycles. The average Bonchev–Trinajstić information content (AvgIpc) is 2.44. The summed E-state index contributed by atoms with van der Waals surface area (Å²) in [6, 6.07) is 8.52. The largest absolute Gasteiger partial charge is 0.382 e. The first-order valence-corrected chi connectivity index (χ1v) is 7.48. The lowest BCUT2D eigenvalue weighted by atomic mass is 10.1. The van der Waals surface area contributed by atoms with E-state index in [1.807, 2.05) is 0 Å². The maximum absolute atomic E-state index is 5.57. The second kappa shape index (κ2) is 9.90. The molecule has 0 atom stereocenters. The van der Waals surface area contributed by atoms with Gasteiger partial charge in [0.2, 0.25) is 0 Å². The zero-order chi connectivity index (χ0) is 15.6. The lowest BCUT2D eigenvalue weighted by Crippen LogP contribution is -2.35. The molecule has 0 aliphatic carbocycles. The van der Waals surface area contributed by atoms with Crippen LogP contribution in [0.25, 0.3) is 0 Å². The molecule has 21 heavy (non-hydrogen) atoms. The molecule has 0 radical (unpaired) electrons. The van der Waals surface area contributed by atoms with E-state index in [4.69, 9.17) is 14.2 Å². The molecule has 0 aliphatic heterocycles. The first-order chi connectivity index (χ1) is 10.0. The van der Waals surface area contributed by atoms with Crippen LogP contribution in [0.3, 0.4) is 0 Å². The number of nitrogens with one attached hydrogen (secondary N) is 1. The number of hydrogen-bond acceptors (Lipinski definition) is 4. The molecule has 4 nitrogen and oxygen atoms in total. The summed E-state index contributed by atoms with van der Waals surface area (Å²) < 4.78 is 15.8. The van der Waals surface area contributed by atoms with Crippen LogP contribution in [0.2, 0.25) is 0 Å². The highest BCUT2D eigenvalue weighted by Gasteiger charge is 2.07. The summed E-state index contributed by atoms with van der Waals surface area (Å²) in [5.41, 5.74) is 2.62. The Morgan fingerprint density at radius 1 is 0.857 bits per heavy atom. The number of benzene rings is 1. The molecular weight excluding hydrogens is 266 g/mol. The fraction of sp³-hybridized carbons (Fsp3) is 0.647. The quantitative estimate of drug-likeness (QED) is 0.674. The standard InChI is InChI=1S/C17H29NO3/c1-17(2,3)18-13-15-5-7-16(8-6-15)14-21-12-11-20-10-9-19-4/h5-8,18H,9-14H2,1-4H3. The van der Waals surface area contributed by atoms with Gasteiger partial charge in [-0.1, -0.05) is 24.3 Å². The van der Waals surface area contributed by atoms with Crippen LogP contribution in [-0.2, 0) is 27.4 Å². The van der Waals surface area contributed by atoms with Gasteiger partial charge in [0.15, 0.2) is 0 Å². The van der Waals surface area contributed by atoms with Gasteiger partial charge in [-0.25, -0.2) is 0 Å². The van der Waals surface area contributed by atoms with Crippen LogP contribution >= 0.6 is 0 Å². The van der Waals surface area contributed by atoms with Gasteiger partial charge in [-0.05, 0) is 31.9 Å². The van der Waals surface area contributed by atoms with E-state index in [0.29, 0.717) is 33.0 Å². The molecule has 120 valence electrons. The van der Waals surface area contributed by atoms with Crippen molar-refractivity contribution in [3.05, 3.63) is 35.4 Å². The van der Waals surface area contributed by atoms with Gasteiger partial charge < -0.3 is 19.5 Å². The van der Waals surface area contributed by atoms with Crippen LogP contribution < -0.4 is 5.32 Å². The molecule has 0 unspecified atom stereocenters. The molecule has 4 heteroatoms. The van der Waals surface area contributed by atoms with Crippen LogP contribution in [0.1, 0.15) is 31.9 Å². The average molecular weight is 295 g/mol. The number of rotatable bonds is 10. The minimum atomic E-state index is 0.143. The molecule has 1 rings (SSSR count). The van der Waals surface area contributed by atoms with Gasteiger partial charge >= 0.3 is 0 Å². The minimum absolute atomic E-state index is 0.143. The van der Waals surface area contributed by atoms with Gasteiger partial charge in [-0.3, -0.25) is 0 Å². The van der Waals surface area contributed by atoms with Gasteiger partial charge in [0.1, 0.15) is 0 Å². The van der Waals surface area contributed by atoms with E-state index < -0.39 is 0 Å². The SMILES string of the molecule is COCCOCCOCc1ccc(CNC(C)(C)C)cc1. The monoisotopic (exact) mass is 295 g/mol. The van der Waals surface area contributed by atoms with Crippen molar-refractivity contribution in [3.8, 4) is 0 Å². The Balaban J connectivity index is 2.16. The Labute approximate surface area is 128 Å². The molecule has 0 heterocycles. The summed E-state index contributed by atoms with van der Waals surface area (Å²) in [7, 11) is 1.67. The molecule has 0 spiro atoms.